The van der Waals surface area contributed by atoms with Crippen LogP contribution in [-0.2, 0) is 7.05 Å². The number of fused-ring (bicyclic) bond motifs is 1. The molecule has 0 unspecified atom stereocenters. The van der Waals surface area contributed by atoms with Crippen molar-refractivity contribution in [3.8, 4) is 0 Å². The van der Waals surface area contributed by atoms with Gasteiger partial charge in [-0.25, -0.2) is 0 Å². The summed E-state index contributed by atoms with van der Waals surface area (Å²) in [6, 6.07) is 0. The van der Waals surface area contributed by atoms with E-state index in [4.69, 9.17) is 5.73 Å². The van der Waals surface area contributed by atoms with Gasteiger partial charge in [-0.2, -0.15) is 5.10 Å². The van der Waals surface area contributed by atoms with Crippen molar-refractivity contribution >= 4 is 33.1 Å². The molecule has 1 amide bonds. The first-order valence-corrected chi connectivity index (χ1v) is 7.76. The summed E-state index contributed by atoms with van der Waals surface area (Å²) in [5, 5.41) is 5.25. The van der Waals surface area contributed by atoms with Crippen LogP contribution in [0.15, 0.2) is 0 Å². The van der Waals surface area contributed by atoms with Crippen molar-refractivity contribution < 1.29 is 4.79 Å². The average Bonchev–Trinajstić information content (AvgIpc) is 2.88. The van der Waals surface area contributed by atoms with Crippen molar-refractivity contribution in [2.75, 3.05) is 40.0 Å². The van der Waals surface area contributed by atoms with E-state index >= 15 is 0 Å². The Hall–Kier alpha value is -1.60. The lowest BCUT2D eigenvalue weighted by Gasteiger charge is -2.18. The smallest absolute Gasteiger partial charge is 0.265 e. The molecule has 0 fully saturated rings. The molecule has 0 aliphatic rings. The van der Waals surface area contributed by atoms with E-state index < -0.39 is 0 Å². The fourth-order valence-corrected chi connectivity index (χ4v) is 3.57. The van der Waals surface area contributed by atoms with Gasteiger partial charge in [-0.15, -0.1) is 11.3 Å². The van der Waals surface area contributed by atoms with Gasteiger partial charge in [-0.1, -0.05) is 0 Å². The van der Waals surface area contributed by atoms with Gasteiger partial charge in [0.25, 0.3) is 5.91 Å². The second-order valence-corrected chi connectivity index (χ2v) is 6.62. The summed E-state index contributed by atoms with van der Waals surface area (Å²) in [4.78, 5) is 18.0. The van der Waals surface area contributed by atoms with Gasteiger partial charge in [0.15, 0.2) is 0 Å². The molecule has 0 bridgehead atoms. The third-order valence-corrected chi connectivity index (χ3v) is 4.78. The Labute approximate surface area is 129 Å². The summed E-state index contributed by atoms with van der Waals surface area (Å²) in [7, 11) is 7.76. The van der Waals surface area contributed by atoms with E-state index in [-0.39, 0.29) is 5.91 Å². The van der Waals surface area contributed by atoms with E-state index in [0.29, 0.717) is 10.6 Å². The van der Waals surface area contributed by atoms with Gasteiger partial charge in [-0.3, -0.25) is 9.48 Å². The second-order valence-electron chi connectivity index (χ2n) is 5.62. The number of amides is 1. The summed E-state index contributed by atoms with van der Waals surface area (Å²) < 4.78 is 1.79. The van der Waals surface area contributed by atoms with Crippen LogP contribution in [-0.4, -0.2) is 59.7 Å². The molecule has 0 aliphatic carbocycles. The molecule has 2 heterocycles. The SMILES string of the molecule is Cc1nn(C)c2sc(C(=O)N(C)CCCN(C)C)c(N)c12. The fourth-order valence-electron chi connectivity index (χ4n) is 2.39. The highest BCUT2D eigenvalue weighted by molar-refractivity contribution is 7.21. The fraction of sp³-hybridized carbons (Fsp3) is 0.571. The Balaban J connectivity index is 2.19. The molecule has 2 aromatic heterocycles. The number of hydrogen-bond acceptors (Lipinski definition) is 5. The lowest BCUT2D eigenvalue weighted by atomic mass is 10.2. The summed E-state index contributed by atoms with van der Waals surface area (Å²) in [5.41, 5.74) is 7.60. The van der Waals surface area contributed by atoms with Crippen molar-refractivity contribution in [2.45, 2.75) is 13.3 Å². The predicted molar refractivity (Wildman–Crippen MR) is 87.9 cm³/mol. The van der Waals surface area contributed by atoms with Crippen LogP contribution in [0.2, 0.25) is 0 Å². The molecule has 7 heteroatoms. The number of carbonyl (C=O) groups excluding carboxylic acids is 1. The van der Waals surface area contributed by atoms with E-state index in [9.17, 15) is 4.79 Å². The molecule has 0 aromatic carbocycles. The Bertz CT molecular complexity index is 658. The van der Waals surface area contributed by atoms with Crippen molar-refractivity contribution in [1.82, 2.24) is 19.6 Å². The molecule has 0 atom stereocenters. The minimum absolute atomic E-state index is 0.00754. The van der Waals surface area contributed by atoms with Crippen LogP contribution in [0.25, 0.3) is 10.2 Å². The Morgan fingerprint density at radius 1 is 1.33 bits per heavy atom. The molecular weight excluding hydrogens is 286 g/mol. The van der Waals surface area contributed by atoms with Crippen molar-refractivity contribution in [3.05, 3.63) is 10.6 Å². The number of nitrogen functional groups attached to an aromatic ring is 1. The number of thiophene rings is 1. The number of aromatic nitrogens is 2. The summed E-state index contributed by atoms with van der Waals surface area (Å²) >= 11 is 1.42. The van der Waals surface area contributed by atoms with Gasteiger partial charge in [0.05, 0.1) is 16.8 Å². The molecular formula is C14H23N5OS. The normalized spacial score (nSPS) is 11.5. The maximum atomic E-state index is 12.5. The van der Waals surface area contributed by atoms with Gasteiger partial charge in [0.1, 0.15) is 9.71 Å². The number of hydrogen-bond donors (Lipinski definition) is 1. The quantitative estimate of drug-likeness (QED) is 0.910. The minimum atomic E-state index is -0.00754. The van der Waals surface area contributed by atoms with E-state index in [1.54, 1.807) is 9.58 Å². The molecule has 0 radical (unpaired) electrons. The molecule has 6 nitrogen and oxygen atoms in total. The zero-order chi connectivity index (χ0) is 15.7. The number of rotatable bonds is 5. The van der Waals surface area contributed by atoms with Gasteiger partial charge in [-0.05, 0) is 34.0 Å². The van der Waals surface area contributed by atoms with E-state index in [0.717, 1.165) is 35.4 Å². The van der Waals surface area contributed by atoms with Gasteiger partial charge in [0, 0.05) is 20.6 Å². The number of aryl methyl sites for hydroxylation is 2. The van der Waals surface area contributed by atoms with Gasteiger partial charge >= 0.3 is 0 Å². The van der Waals surface area contributed by atoms with Crippen LogP contribution < -0.4 is 5.73 Å². The van der Waals surface area contributed by atoms with Crippen molar-refractivity contribution in [2.24, 2.45) is 7.05 Å². The van der Waals surface area contributed by atoms with Crippen LogP contribution in [0.1, 0.15) is 21.8 Å². The van der Waals surface area contributed by atoms with E-state index in [1.165, 1.54) is 11.3 Å². The topological polar surface area (TPSA) is 67.4 Å². The predicted octanol–water partition coefficient (Wildman–Crippen LogP) is 1.55. The Morgan fingerprint density at radius 2 is 2.00 bits per heavy atom. The van der Waals surface area contributed by atoms with Crippen molar-refractivity contribution in [3.63, 3.8) is 0 Å². The van der Waals surface area contributed by atoms with E-state index in [1.807, 2.05) is 35.1 Å². The molecule has 2 N–H and O–H groups in total. The molecule has 0 aliphatic heterocycles. The molecule has 116 valence electrons. The van der Waals surface area contributed by atoms with E-state index in [2.05, 4.69) is 10.00 Å². The van der Waals surface area contributed by atoms with Crippen LogP contribution in [0.4, 0.5) is 5.69 Å². The monoisotopic (exact) mass is 309 g/mol. The molecule has 0 spiro atoms. The maximum absolute atomic E-state index is 12.5. The molecule has 0 saturated heterocycles. The first kappa shape index (κ1) is 15.8. The molecule has 0 saturated carbocycles. The van der Waals surface area contributed by atoms with Crippen LogP contribution in [0, 0.1) is 6.92 Å². The Morgan fingerprint density at radius 3 is 2.57 bits per heavy atom. The summed E-state index contributed by atoms with van der Waals surface area (Å²) in [6.45, 7) is 3.60. The first-order chi connectivity index (χ1) is 9.82. The molecule has 21 heavy (non-hydrogen) atoms. The van der Waals surface area contributed by atoms with Crippen LogP contribution in [0.3, 0.4) is 0 Å². The van der Waals surface area contributed by atoms with Gasteiger partial charge in [0.2, 0.25) is 0 Å². The third-order valence-electron chi connectivity index (χ3n) is 3.52. The number of nitrogens with two attached hydrogens (primary N) is 1. The second kappa shape index (κ2) is 6.03. The standard InChI is InChI=1S/C14H23N5OS/c1-9-10-11(15)12(21-14(10)19(5)16-9)13(20)18(4)8-6-7-17(2)3/h6-8,15H2,1-5H3. The number of anilines is 1. The van der Waals surface area contributed by atoms with Crippen LogP contribution >= 0.6 is 11.3 Å². The largest absolute Gasteiger partial charge is 0.397 e. The zero-order valence-electron chi connectivity index (χ0n) is 13.3. The summed E-state index contributed by atoms with van der Waals surface area (Å²) in [6.07, 6.45) is 0.945. The third kappa shape index (κ3) is 3.03. The summed E-state index contributed by atoms with van der Waals surface area (Å²) in [5.74, 6) is -0.00754. The average molecular weight is 309 g/mol. The van der Waals surface area contributed by atoms with Crippen molar-refractivity contribution in [1.29, 1.82) is 0 Å². The highest BCUT2D eigenvalue weighted by Crippen LogP contribution is 2.35. The van der Waals surface area contributed by atoms with Crippen LogP contribution in [0.5, 0.6) is 0 Å². The number of nitrogens with zero attached hydrogens (tertiary/aromatic N) is 4. The highest BCUT2D eigenvalue weighted by Gasteiger charge is 2.23. The lowest BCUT2D eigenvalue weighted by molar-refractivity contribution is 0.0796. The maximum Gasteiger partial charge on any atom is 0.265 e. The minimum Gasteiger partial charge on any atom is -0.397 e. The number of carbonyl (C=O) groups is 1. The van der Waals surface area contributed by atoms with Gasteiger partial charge < -0.3 is 15.5 Å². The zero-order valence-corrected chi connectivity index (χ0v) is 14.1. The molecule has 2 rings (SSSR count). The Kier molecular flexibility index (Phi) is 4.53. The lowest BCUT2D eigenvalue weighted by Crippen LogP contribution is -2.29. The highest BCUT2D eigenvalue weighted by atomic mass is 32.1. The molecule has 2 aromatic rings. The first-order valence-electron chi connectivity index (χ1n) is 6.94.